The lowest BCUT2D eigenvalue weighted by Crippen LogP contribution is -2.65. The fraction of sp³-hybridized carbons (Fsp3) is 0.357. The summed E-state index contributed by atoms with van der Waals surface area (Å²) < 4.78 is 105. The summed E-state index contributed by atoms with van der Waals surface area (Å²) >= 11 is 0. The third kappa shape index (κ3) is 9.12. The monoisotopic (exact) mass is 949 g/mol. The number of aromatic nitrogens is 3. The molecule has 2 amide bonds. The Kier molecular flexibility index (Phi) is 11.8. The standard InChI is InChI=1S/C42H42F3N11O8S2/c1-3-15-63-29-9-11-33(48-18-29)36(57)51-27-7-6-25-5-4-13-40(31(25)16-27)24-66(61,62)56(39(47)54-40)21-26-12-14-41(23-65(59,60)55(2)38(46)53-41)32-17-28(8-10-30(26)32)52-37(58)34-19-50-35(20-49-34)64-22-42(43,44)45/h1,6-11,16-20,26H,4-5,12-15,21-24H2,2H3,(H2,46,53)(H2,47,54)(H,51,57)(H,52,58)/t26?,40-,41-/m0/s1. The molecule has 2 aliphatic heterocycles. The number of terminal acetylenes is 1. The van der Waals surface area contributed by atoms with E-state index in [0.717, 1.165) is 26.6 Å². The highest BCUT2D eigenvalue weighted by Crippen LogP contribution is 2.47. The van der Waals surface area contributed by atoms with Crippen LogP contribution in [-0.2, 0) is 37.5 Å². The summed E-state index contributed by atoms with van der Waals surface area (Å²) in [6.45, 7) is -1.77. The lowest BCUT2D eigenvalue weighted by atomic mass is 9.72. The van der Waals surface area contributed by atoms with E-state index in [9.17, 15) is 45.0 Å². The minimum Gasteiger partial charge on any atom is -0.479 e. The zero-order chi connectivity index (χ0) is 47.2. The third-order valence-corrected chi connectivity index (χ3v) is 15.7. The molecule has 0 bridgehead atoms. The lowest BCUT2D eigenvalue weighted by Gasteiger charge is -2.49. The van der Waals surface area contributed by atoms with E-state index >= 15 is 0 Å². The highest BCUT2D eigenvalue weighted by Gasteiger charge is 2.52. The fourth-order valence-corrected chi connectivity index (χ4v) is 12.2. The van der Waals surface area contributed by atoms with Gasteiger partial charge >= 0.3 is 6.18 Å². The van der Waals surface area contributed by atoms with Gasteiger partial charge in [0, 0.05) is 30.9 Å². The number of guanidine groups is 2. The maximum absolute atomic E-state index is 14.5. The van der Waals surface area contributed by atoms with Gasteiger partial charge < -0.3 is 30.7 Å². The number of nitrogens with zero attached hydrogens (tertiary/aromatic N) is 5. The van der Waals surface area contributed by atoms with Crippen LogP contribution in [-0.4, -0.2) is 109 Å². The van der Waals surface area contributed by atoms with Gasteiger partial charge in [0.1, 0.15) is 23.7 Å². The van der Waals surface area contributed by atoms with Crippen LogP contribution in [0.4, 0.5) is 24.5 Å². The smallest absolute Gasteiger partial charge is 0.422 e. The van der Waals surface area contributed by atoms with E-state index in [1.54, 1.807) is 24.3 Å². The highest BCUT2D eigenvalue weighted by atomic mass is 32.2. The van der Waals surface area contributed by atoms with E-state index < -0.39 is 85.0 Å². The Balaban J connectivity index is 1.04. The molecule has 24 heteroatoms. The summed E-state index contributed by atoms with van der Waals surface area (Å²) in [5.41, 5.74) is 0.171. The summed E-state index contributed by atoms with van der Waals surface area (Å²) in [4.78, 5) is 38.2. The third-order valence-electron chi connectivity index (χ3n) is 11.9. The van der Waals surface area contributed by atoms with Crippen molar-refractivity contribution in [2.24, 2.45) is 0 Å². The molecule has 4 aliphatic rings. The summed E-state index contributed by atoms with van der Waals surface area (Å²) in [5, 5.41) is 29.4. The number of pyridine rings is 1. The van der Waals surface area contributed by atoms with Gasteiger partial charge in [0.05, 0.1) is 41.2 Å². The second kappa shape index (κ2) is 17.1. The van der Waals surface area contributed by atoms with Crippen molar-refractivity contribution in [3.63, 3.8) is 0 Å². The first-order valence-electron chi connectivity index (χ1n) is 20.3. The number of amides is 2. The first kappa shape index (κ1) is 45.6. The lowest BCUT2D eigenvalue weighted by molar-refractivity contribution is -0.154. The quantitative estimate of drug-likeness (QED) is 0.124. The van der Waals surface area contributed by atoms with Gasteiger partial charge in [0.25, 0.3) is 11.8 Å². The number of ether oxygens (including phenoxy) is 2. The predicted molar refractivity (Wildman–Crippen MR) is 233 cm³/mol. The maximum atomic E-state index is 14.5. The number of benzene rings is 2. The topological polar surface area (TPSA) is 262 Å². The zero-order valence-corrected chi connectivity index (χ0v) is 36.7. The van der Waals surface area contributed by atoms with Gasteiger partial charge in [-0.15, -0.1) is 6.42 Å². The number of hydrogen-bond acceptors (Lipinski definition) is 13. The molecule has 2 aliphatic carbocycles. The molecule has 1 unspecified atom stereocenters. The van der Waals surface area contributed by atoms with Crippen molar-refractivity contribution in [2.45, 2.75) is 55.3 Å². The van der Waals surface area contributed by atoms with E-state index in [1.165, 1.54) is 31.4 Å². The van der Waals surface area contributed by atoms with Crippen molar-refractivity contribution in [3.05, 3.63) is 101 Å². The van der Waals surface area contributed by atoms with Crippen molar-refractivity contribution in [1.82, 2.24) is 34.2 Å². The molecule has 2 fully saturated rings. The van der Waals surface area contributed by atoms with Crippen LogP contribution in [0.3, 0.4) is 0 Å². The van der Waals surface area contributed by atoms with Crippen LogP contribution in [0.1, 0.15) is 74.8 Å². The van der Waals surface area contributed by atoms with Crippen molar-refractivity contribution in [1.29, 1.82) is 10.8 Å². The van der Waals surface area contributed by atoms with Gasteiger partial charge in [-0.05, 0) is 90.8 Å². The molecule has 2 aromatic heterocycles. The molecule has 4 heterocycles. The normalized spacial score (nSPS) is 22.8. The summed E-state index contributed by atoms with van der Waals surface area (Å²) in [6.07, 6.45) is 5.77. The Labute approximate surface area is 377 Å². The number of nitrogens with one attached hydrogen (secondary N) is 6. The van der Waals surface area contributed by atoms with Gasteiger partial charge in [0.15, 0.2) is 6.61 Å². The molecule has 2 saturated heterocycles. The number of alkyl halides is 3. The van der Waals surface area contributed by atoms with Gasteiger partial charge in [-0.25, -0.2) is 40.4 Å². The molecular weight excluding hydrogens is 908 g/mol. The number of anilines is 2. The first-order valence-corrected chi connectivity index (χ1v) is 23.6. The Bertz CT molecular complexity index is 2900. The number of hydrogen-bond donors (Lipinski definition) is 6. The van der Waals surface area contributed by atoms with Crippen LogP contribution in [0.25, 0.3) is 0 Å². The molecule has 19 nitrogen and oxygen atoms in total. The molecule has 6 N–H and O–H groups in total. The average Bonchev–Trinajstić information content (AvgIpc) is 3.26. The molecule has 2 spiro atoms. The van der Waals surface area contributed by atoms with Gasteiger partial charge in [-0.2, -0.15) is 13.2 Å². The Morgan fingerprint density at radius 1 is 0.864 bits per heavy atom. The Hall–Kier alpha value is -7.00. The summed E-state index contributed by atoms with van der Waals surface area (Å²) in [6, 6.07) is 13.0. The van der Waals surface area contributed by atoms with Crippen LogP contribution < -0.4 is 30.7 Å². The minimum atomic E-state index is -4.62. The Morgan fingerprint density at radius 2 is 1.53 bits per heavy atom. The minimum absolute atomic E-state index is 0.0383. The fourth-order valence-electron chi connectivity index (χ4n) is 8.82. The maximum Gasteiger partial charge on any atom is 0.422 e. The van der Waals surface area contributed by atoms with E-state index in [4.69, 9.17) is 16.6 Å². The number of sulfonamides is 2. The van der Waals surface area contributed by atoms with Crippen LogP contribution in [0.2, 0.25) is 0 Å². The molecule has 4 aromatic rings. The molecular formula is C42H42F3N11O8S2. The van der Waals surface area contributed by atoms with Crippen molar-refractivity contribution in [2.75, 3.05) is 48.9 Å². The molecule has 66 heavy (non-hydrogen) atoms. The zero-order valence-electron chi connectivity index (χ0n) is 35.0. The van der Waals surface area contributed by atoms with E-state index in [1.807, 2.05) is 6.07 Å². The Morgan fingerprint density at radius 3 is 2.18 bits per heavy atom. The highest BCUT2D eigenvalue weighted by molar-refractivity contribution is 7.90. The number of carbonyl (C=O) groups is 2. The molecule has 3 atom stereocenters. The van der Waals surface area contributed by atoms with E-state index in [0.29, 0.717) is 47.4 Å². The molecule has 0 radical (unpaired) electrons. The van der Waals surface area contributed by atoms with Gasteiger partial charge in [-0.1, -0.05) is 18.1 Å². The molecule has 0 saturated carbocycles. The van der Waals surface area contributed by atoms with Gasteiger partial charge in [-0.3, -0.25) is 20.4 Å². The summed E-state index contributed by atoms with van der Waals surface area (Å²) in [7, 11) is -7.00. The van der Waals surface area contributed by atoms with Crippen molar-refractivity contribution in [3.8, 4) is 24.0 Å². The second-order valence-electron chi connectivity index (χ2n) is 16.3. The van der Waals surface area contributed by atoms with Crippen LogP contribution in [0.15, 0.2) is 67.1 Å². The van der Waals surface area contributed by atoms with Crippen LogP contribution in [0, 0.1) is 23.2 Å². The molecule has 346 valence electrons. The van der Waals surface area contributed by atoms with Crippen LogP contribution >= 0.6 is 0 Å². The number of fused-ring (bicyclic) bond motifs is 4. The number of halogens is 3. The predicted octanol–water partition coefficient (Wildman–Crippen LogP) is 3.60. The van der Waals surface area contributed by atoms with Crippen molar-refractivity contribution < 1.29 is 49.1 Å². The summed E-state index contributed by atoms with van der Waals surface area (Å²) in [5.74, 6) is -1.28. The van der Waals surface area contributed by atoms with Crippen LogP contribution in [0.5, 0.6) is 11.6 Å². The van der Waals surface area contributed by atoms with E-state index in [-0.39, 0.29) is 49.0 Å². The largest absolute Gasteiger partial charge is 0.479 e. The second-order valence-corrected chi connectivity index (χ2v) is 20.2. The van der Waals surface area contributed by atoms with Crippen molar-refractivity contribution >= 4 is 55.2 Å². The number of aryl methyl sites for hydroxylation is 1. The number of carbonyl (C=O) groups excluding carboxylic acids is 2. The first-order chi connectivity index (χ1) is 31.2. The molecule has 8 rings (SSSR count). The SMILES string of the molecule is C#CCOc1ccc(C(=O)Nc2ccc3c(c2)[C@]2(CCC3)CS(=O)(=O)N(CC3CC[C@]4(CS(=O)(=O)N(C)C(=N)N4)c4cc(NC(=O)c5cnc(OCC(F)(F)F)cn5)ccc43)C(=N)N2)nc1. The number of rotatable bonds is 10. The molecule has 2 aromatic carbocycles. The average molecular weight is 950 g/mol. The van der Waals surface area contributed by atoms with E-state index in [2.05, 4.69) is 46.9 Å². The van der Waals surface area contributed by atoms with Gasteiger partial charge in [0.2, 0.25) is 37.8 Å².